The Morgan fingerprint density at radius 3 is 2.93 bits per heavy atom. The molecule has 1 saturated heterocycles. The van der Waals surface area contributed by atoms with E-state index in [4.69, 9.17) is 4.74 Å². The Hall–Kier alpha value is -1.16. The number of hydrogen-bond donors (Lipinski definition) is 0. The first kappa shape index (κ1) is 10.4. The number of aromatic nitrogens is 2. The molecule has 4 heteroatoms. The number of nitrogens with zero attached hydrogens (tertiary/aromatic N) is 2. The molecule has 1 fully saturated rings. The number of aryl methyl sites for hydroxylation is 1. The van der Waals surface area contributed by atoms with Gasteiger partial charge in [-0.3, -0.25) is 4.79 Å². The SMILES string of the molecule is CC(=O)c1cc(C)n(C2CCCCO2)n1. The van der Waals surface area contributed by atoms with Crippen LogP contribution in [0.2, 0.25) is 0 Å². The molecule has 82 valence electrons. The first-order chi connectivity index (χ1) is 7.18. The lowest BCUT2D eigenvalue weighted by Gasteiger charge is -2.23. The third-order valence-corrected chi connectivity index (χ3v) is 2.71. The molecule has 0 spiro atoms. The van der Waals surface area contributed by atoms with Gasteiger partial charge in [-0.05, 0) is 32.3 Å². The Balaban J connectivity index is 2.22. The molecule has 1 aliphatic rings. The summed E-state index contributed by atoms with van der Waals surface area (Å²) in [5.41, 5.74) is 1.52. The van der Waals surface area contributed by atoms with Gasteiger partial charge in [0.05, 0.1) is 0 Å². The zero-order chi connectivity index (χ0) is 10.8. The summed E-state index contributed by atoms with van der Waals surface area (Å²) < 4.78 is 7.46. The van der Waals surface area contributed by atoms with Crippen molar-refractivity contribution in [1.29, 1.82) is 0 Å². The maximum absolute atomic E-state index is 11.2. The van der Waals surface area contributed by atoms with Crippen LogP contribution in [0.25, 0.3) is 0 Å². The first-order valence-electron chi connectivity index (χ1n) is 5.37. The van der Waals surface area contributed by atoms with Gasteiger partial charge in [-0.1, -0.05) is 0 Å². The van der Waals surface area contributed by atoms with Crippen molar-refractivity contribution in [3.63, 3.8) is 0 Å². The van der Waals surface area contributed by atoms with Crippen molar-refractivity contribution in [1.82, 2.24) is 9.78 Å². The standard InChI is InChI=1S/C11H16N2O2/c1-8-7-10(9(2)14)12-13(8)11-5-3-4-6-15-11/h7,11H,3-6H2,1-2H3. The summed E-state index contributed by atoms with van der Waals surface area (Å²) in [6, 6.07) is 1.82. The number of carbonyl (C=O) groups excluding carboxylic acids is 1. The highest BCUT2D eigenvalue weighted by Gasteiger charge is 2.19. The number of hydrogen-bond acceptors (Lipinski definition) is 3. The highest BCUT2D eigenvalue weighted by Crippen LogP contribution is 2.23. The molecule has 0 aliphatic carbocycles. The molecule has 1 aromatic heterocycles. The number of carbonyl (C=O) groups is 1. The third kappa shape index (κ3) is 2.09. The third-order valence-electron chi connectivity index (χ3n) is 2.71. The summed E-state index contributed by atoms with van der Waals surface area (Å²) in [5.74, 6) is 0.00709. The highest BCUT2D eigenvalue weighted by molar-refractivity contribution is 5.92. The second-order valence-corrected chi connectivity index (χ2v) is 3.99. The van der Waals surface area contributed by atoms with E-state index in [0.717, 1.165) is 25.1 Å². The fourth-order valence-corrected chi connectivity index (χ4v) is 1.87. The Morgan fingerprint density at radius 1 is 1.60 bits per heavy atom. The van der Waals surface area contributed by atoms with E-state index in [2.05, 4.69) is 5.10 Å². The Kier molecular flexibility index (Phi) is 2.86. The van der Waals surface area contributed by atoms with Gasteiger partial charge in [-0.15, -0.1) is 0 Å². The van der Waals surface area contributed by atoms with Gasteiger partial charge in [-0.2, -0.15) is 5.10 Å². The van der Waals surface area contributed by atoms with E-state index in [9.17, 15) is 4.79 Å². The quantitative estimate of drug-likeness (QED) is 0.699. The van der Waals surface area contributed by atoms with Gasteiger partial charge in [0, 0.05) is 19.2 Å². The average Bonchev–Trinajstić information content (AvgIpc) is 2.62. The molecule has 1 aliphatic heterocycles. The van der Waals surface area contributed by atoms with Crippen molar-refractivity contribution in [2.75, 3.05) is 6.61 Å². The molecule has 0 bridgehead atoms. The number of Topliss-reactive ketones (excluding diaryl/α,β-unsaturated/α-hetero) is 1. The van der Waals surface area contributed by atoms with Gasteiger partial charge < -0.3 is 4.74 Å². The molecule has 2 rings (SSSR count). The molecule has 0 saturated carbocycles. The van der Waals surface area contributed by atoms with Crippen molar-refractivity contribution in [3.05, 3.63) is 17.5 Å². The molecule has 1 aromatic rings. The van der Waals surface area contributed by atoms with Crippen LogP contribution in [0.5, 0.6) is 0 Å². The molecular formula is C11H16N2O2. The van der Waals surface area contributed by atoms with Crippen LogP contribution in [0.15, 0.2) is 6.07 Å². The number of ether oxygens (including phenoxy) is 1. The van der Waals surface area contributed by atoms with Crippen molar-refractivity contribution in [2.45, 2.75) is 39.3 Å². The minimum absolute atomic E-state index is 0.00709. The van der Waals surface area contributed by atoms with Crippen LogP contribution in [0.1, 0.15) is 48.6 Å². The zero-order valence-corrected chi connectivity index (χ0v) is 9.19. The predicted octanol–water partition coefficient (Wildman–Crippen LogP) is 2.09. The lowest BCUT2D eigenvalue weighted by molar-refractivity contribution is -0.0407. The van der Waals surface area contributed by atoms with E-state index in [-0.39, 0.29) is 12.0 Å². The van der Waals surface area contributed by atoms with E-state index < -0.39 is 0 Å². The fourth-order valence-electron chi connectivity index (χ4n) is 1.87. The van der Waals surface area contributed by atoms with Crippen LogP contribution in [-0.4, -0.2) is 22.2 Å². The van der Waals surface area contributed by atoms with E-state index in [1.165, 1.54) is 13.3 Å². The monoisotopic (exact) mass is 208 g/mol. The van der Waals surface area contributed by atoms with E-state index in [0.29, 0.717) is 5.69 Å². The van der Waals surface area contributed by atoms with E-state index >= 15 is 0 Å². The maximum atomic E-state index is 11.2. The second kappa shape index (κ2) is 4.14. The molecule has 1 atom stereocenters. The van der Waals surface area contributed by atoms with Gasteiger partial charge in [0.15, 0.2) is 5.78 Å². The smallest absolute Gasteiger partial charge is 0.179 e. The van der Waals surface area contributed by atoms with Gasteiger partial charge in [0.2, 0.25) is 0 Å². The van der Waals surface area contributed by atoms with Crippen molar-refractivity contribution < 1.29 is 9.53 Å². The Bertz CT molecular complexity index is 365. The molecule has 1 unspecified atom stereocenters. The second-order valence-electron chi connectivity index (χ2n) is 3.99. The van der Waals surface area contributed by atoms with E-state index in [1.807, 2.05) is 17.7 Å². The fraction of sp³-hybridized carbons (Fsp3) is 0.636. The van der Waals surface area contributed by atoms with Gasteiger partial charge in [0.1, 0.15) is 11.9 Å². The summed E-state index contributed by atoms with van der Waals surface area (Å²) in [5, 5.41) is 4.28. The van der Waals surface area contributed by atoms with Crippen LogP contribution in [0, 0.1) is 6.92 Å². The summed E-state index contributed by atoms with van der Waals surface area (Å²) in [7, 11) is 0. The van der Waals surface area contributed by atoms with Gasteiger partial charge >= 0.3 is 0 Å². The van der Waals surface area contributed by atoms with Crippen LogP contribution >= 0.6 is 0 Å². The molecule has 0 amide bonds. The summed E-state index contributed by atoms with van der Waals surface area (Å²) in [6.45, 7) is 4.28. The summed E-state index contributed by atoms with van der Waals surface area (Å²) in [6.07, 6.45) is 3.29. The Morgan fingerprint density at radius 2 is 2.40 bits per heavy atom. The largest absolute Gasteiger partial charge is 0.357 e. The summed E-state index contributed by atoms with van der Waals surface area (Å²) >= 11 is 0. The van der Waals surface area contributed by atoms with Gasteiger partial charge in [0.25, 0.3) is 0 Å². The Labute approximate surface area is 89.2 Å². The first-order valence-corrected chi connectivity index (χ1v) is 5.37. The average molecular weight is 208 g/mol. The maximum Gasteiger partial charge on any atom is 0.179 e. The van der Waals surface area contributed by atoms with Crippen molar-refractivity contribution >= 4 is 5.78 Å². The lowest BCUT2D eigenvalue weighted by Crippen LogP contribution is -2.20. The lowest BCUT2D eigenvalue weighted by atomic mass is 10.2. The predicted molar refractivity (Wildman–Crippen MR) is 55.8 cm³/mol. The van der Waals surface area contributed by atoms with Crippen LogP contribution in [-0.2, 0) is 4.74 Å². The molecule has 0 N–H and O–H groups in total. The molecule has 2 heterocycles. The molecular weight excluding hydrogens is 192 g/mol. The topological polar surface area (TPSA) is 44.1 Å². The molecule has 0 radical (unpaired) electrons. The molecule has 4 nitrogen and oxygen atoms in total. The van der Waals surface area contributed by atoms with Crippen molar-refractivity contribution in [2.24, 2.45) is 0 Å². The number of rotatable bonds is 2. The summed E-state index contributed by atoms with van der Waals surface area (Å²) in [4.78, 5) is 11.2. The minimum Gasteiger partial charge on any atom is -0.357 e. The van der Waals surface area contributed by atoms with Crippen molar-refractivity contribution in [3.8, 4) is 0 Å². The highest BCUT2D eigenvalue weighted by atomic mass is 16.5. The minimum atomic E-state index is 0.00709. The van der Waals surface area contributed by atoms with Crippen LogP contribution in [0.3, 0.4) is 0 Å². The zero-order valence-electron chi connectivity index (χ0n) is 9.19. The molecule has 0 aromatic carbocycles. The normalized spacial score (nSPS) is 21.6. The van der Waals surface area contributed by atoms with E-state index in [1.54, 1.807) is 0 Å². The number of ketones is 1. The van der Waals surface area contributed by atoms with Crippen LogP contribution < -0.4 is 0 Å². The van der Waals surface area contributed by atoms with Crippen LogP contribution in [0.4, 0.5) is 0 Å². The molecule has 15 heavy (non-hydrogen) atoms. The van der Waals surface area contributed by atoms with Gasteiger partial charge in [-0.25, -0.2) is 4.68 Å².